The fourth-order valence-electron chi connectivity index (χ4n) is 4.60. The van der Waals surface area contributed by atoms with Crippen LogP contribution in [0, 0.1) is 0 Å². The molecule has 35 heavy (non-hydrogen) atoms. The highest BCUT2D eigenvalue weighted by Crippen LogP contribution is 2.38. The molecular formula is C29H31ClN2O2S. The van der Waals surface area contributed by atoms with E-state index in [1.165, 1.54) is 10.4 Å². The number of carbonyl (C=O) groups excluding carboxylic acids is 2. The number of rotatable bonds is 9. The minimum absolute atomic E-state index is 0.00595. The molecule has 0 bridgehead atoms. The van der Waals surface area contributed by atoms with Crippen LogP contribution in [0.4, 0.5) is 0 Å². The van der Waals surface area contributed by atoms with Gasteiger partial charge in [-0.3, -0.25) is 9.59 Å². The smallest absolute Gasteiger partial charge is 0.254 e. The van der Waals surface area contributed by atoms with Gasteiger partial charge in [0.1, 0.15) is 6.54 Å². The first-order valence-electron chi connectivity index (χ1n) is 12.1. The fourth-order valence-corrected chi connectivity index (χ4v) is 5.63. The lowest BCUT2D eigenvalue weighted by Crippen LogP contribution is -2.46. The number of thiophene rings is 1. The van der Waals surface area contributed by atoms with Gasteiger partial charge in [-0.1, -0.05) is 55.3 Å². The average Bonchev–Trinajstić information content (AvgIpc) is 3.36. The van der Waals surface area contributed by atoms with Gasteiger partial charge in [0, 0.05) is 28.6 Å². The lowest BCUT2D eigenvalue weighted by molar-refractivity contribution is -0.133. The predicted octanol–water partition coefficient (Wildman–Crippen LogP) is 6.55. The molecule has 6 heteroatoms. The van der Waals surface area contributed by atoms with Crippen LogP contribution in [0.2, 0.25) is 5.02 Å². The summed E-state index contributed by atoms with van der Waals surface area (Å²) in [6.45, 7) is 6.91. The molecule has 0 saturated carbocycles. The van der Waals surface area contributed by atoms with Gasteiger partial charge in [-0.2, -0.15) is 0 Å². The number of aryl methyl sites for hydroxylation is 1. The molecular weight excluding hydrogens is 476 g/mol. The van der Waals surface area contributed by atoms with Crippen LogP contribution in [0.15, 0.2) is 72.6 Å². The summed E-state index contributed by atoms with van der Waals surface area (Å²) in [5, 5.41) is 2.75. The van der Waals surface area contributed by atoms with E-state index in [1.54, 1.807) is 22.3 Å². The van der Waals surface area contributed by atoms with Crippen molar-refractivity contribution in [1.82, 2.24) is 9.80 Å². The third-order valence-corrected chi connectivity index (χ3v) is 7.70. The van der Waals surface area contributed by atoms with E-state index in [4.69, 9.17) is 11.6 Å². The first-order chi connectivity index (χ1) is 17.0. The van der Waals surface area contributed by atoms with E-state index in [1.807, 2.05) is 53.4 Å². The Morgan fingerprint density at radius 2 is 1.89 bits per heavy atom. The number of benzene rings is 2. The van der Waals surface area contributed by atoms with Crippen LogP contribution in [-0.2, 0) is 17.6 Å². The maximum atomic E-state index is 13.6. The van der Waals surface area contributed by atoms with Crippen LogP contribution in [-0.4, -0.2) is 41.2 Å². The van der Waals surface area contributed by atoms with Crippen LogP contribution in [0.5, 0.6) is 0 Å². The number of carbonyl (C=O) groups is 2. The van der Waals surface area contributed by atoms with Gasteiger partial charge in [-0.25, -0.2) is 0 Å². The molecule has 1 aromatic heterocycles. The van der Waals surface area contributed by atoms with E-state index < -0.39 is 0 Å². The Kier molecular flexibility index (Phi) is 8.42. The zero-order chi connectivity index (χ0) is 24.8. The van der Waals surface area contributed by atoms with Gasteiger partial charge < -0.3 is 9.80 Å². The van der Waals surface area contributed by atoms with Crippen molar-refractivity contribution in [2.75, 3.05) is 19.6 Å². The summed E-state index contributed by atoms with van der Waals surface area (Å²) >= 11 is 7.86. The molecule has 0 fully saturated rings. The van der Waals surface area contributed by atoms with Crippen LogP contribution in [0.3, 0.4) is 0 Å². The van der Waals surface area contributed by atoms with Crippen molar-refractivity contribution in [2.24, 2.45) is 0 Å². The second-order valence-electron chi connectivity index (χ2n) is 8.87. The average molecular weight is 507 g/mol. The summed E-state index contributed by atoms with van der Waals surface area (Å²) in [5.41, 5.74) is 3.99. The highest BCUT2D eigenvalue weighted by molar-refractivity contribution is 7.10. The molecule has 182 valence electrons. The van der Waals surface area contributed by atoms with E-state index in [0.29, 0.717) is 23.7 Å². The first kappa shape index (κ1) is 25.2. The highest BCUT2D eigenvalue weighted by atomic mass is 35.5. The topological polar surface area (TPSA) is 40.6 Å². The molecule has 0 spiro atoms. The second kappa shape index (κ2) is 11.7. The molecule has 1 aliphatic heterocycles. The Morgan fingerprint density at radius 3 is 2.57 bits per heavy atom. The molecule has 2 amide bonds. The lowest BCUT2D eigenvalue weighted by atomic mass is 9.93. The number of halogens is 1. The van der Waals surface area contributed by atoms with Crippen molar-refractivity contribution < 1.29 is 9.59 Å². The SMILES string of the molecule is C=CCN(CC(=O)N1CCc2sccc2C1c1ccc(Cl)cc1)C(=O)c1ccc(CCCC)cc1. The minimum Gasteiger partial charge on any atom is -0.330 e. The van der Waals surface area contributed by atoms with E-state index in [-0.39, 0.29) is 24.4 Å². The molecule has 0 N–H and O–H groups in total. The molecule has 1 unspecified atom stereocenters. The Hall–Kier alpha value is -2.89. The molecule has 4 rings (SSSR count). The Balaban J connectivity index is 1.55. The molecule has 0 aliphatic carbocycles. The summed E-state index contributed by atoms with van der Waals surface area (Å²) in [6, 6.07) is 17.3. The minimum atomic E-state index is -0.187. The quantitative estimate of drug-likeness (QED) is 0.309. The van der Waals surface area contributed by atoms with Crippen molar-refractivity contribution in [1.29, 1.82) is 0 Å². The molecule has 2 heterocycles. The molecule has 2 aromatic carbocycles. The number of amides is 2. The van der Waals surface area contributed by atoms with Crippen LogP contribution >= 0.6 is 22.9 Å². The van der Waals surface area contributed by atoms with E-state index in [9.17, 15) is 9.59 Å². The van der Waals surface area contributed by atoms with Crippen molar-refractivity contribution >= 4 is 34.8 Å². The van der Waals surface area contributed by atoms with E-state index in [2.05, 4.69) is 24.9 Å². The highest BCUT2D eigenvalue weighted by Gasteiger charge is 2.34. The van der Waals surface area contributed by atoms with E-state index in [0.717, 1.165) is 36.8 Å². The summed E-state index contributed by atoms with van der Waals surface area (Å²) in [5.74, 6) is -0.229. The standard InChI is InChI=1S/C29H31ClN2O2S/c1-3-5-6-21-7-9-23(10-8-21)29(34)31(17-4-2)20-27(33)32-18-15-26-25(16-19-35-26)28(32)22-11-13-24(30)14-12-22/h4,7-14,16,19,28H,2-3,5-6,15,17-18,20H2,1H3. The summed E-state index contributed by atoms with van der Waals surface area (Å²) in [6.07, 6.45) is 5.75. The molecule has 0 radical (unpaired) electrons. The van der Waals surface area contributed by atoms with Crippen LogP contribution in [0.1, 0.15) is 57.7 Å². The zero-order valence-electron chi connectivity index (χ0n) is 20.1. The maximum Gasteiger partial charge on any atom is 0.254 e. The maximum absolute atomic E-state index is 13.6. The molecule has 3 aromatic rings. The molecule has 1 atom stereocenters. The lowest BCUT2D eigenvalue weighted by Gasteiger charge is -2.37. The second-order valence-corrected chi connectivity index (χ2v) is 10.3. The summed E-state index contributed by atoms with van der Waals surface area (Å²) < 4.78 is 0. The van der Waals surface area contributed by atoms with Gasteiger partial charge in [0.15, 0.2) is 0 Å². The predicted molar refractivity (Wildman–Crippen MR) is 144 cm³/mol. The van der Waals surface area contributed by atoms with E-state index >= 15 is 0 Å². The van der Waals surface area contributed by atoms with Crippen molar-refractivity contribution in [2.45, 2.75) is 38.6 Å². The van der Waals surface area contributed by atoms with Crippen LogP contribution in [0.25, 0.3) is 0 Å². The normalized spacial score (nSPS) is 14.9. The number of nitrogens with zero attached hydrogens (tertiary/aromatic N) is 2. The number of fused-ring (bicyclic) bond motifs is 1. The monoisotopic (exact) mass is 506 g/mol. The van der Waals surface area contributed by atoms with Gasteiger partial charge in [0.05, 0.1) is 6.04 Å². The van der Waals surface area contributed by atoms with Crippen LogP contribution < -0.4 is 0 Å². The molecule has 1 aliphatic rings. The Bertz CT molecular complexity index is 1170. The van der Waals surface area contributed by atoms with Crippen molar-refractivity contribution in [3.8, 4) is 0 Å². The Morgan fingerprint density at radius 1 is 1.14 bits per heavy atom. The summed E-state index contributed by atoms with van der Waals surface area (Å²) in [7, 11) is 0. The van der Waals surface area contributed by atoms with Gasteiger partial charge in [-0.05, 0) is 71.7 Å². The third-order valence-electron chi connectivity index (χ3n) is 6.45. The fraction of sp³-hybridized carbons (Fsp3) is 0.310. The van der Waals surface area contributed by atoms with Gasteiger partial charge in [0.25, 0.3) is 5.91 Å². The number of hydrogen-bond donors (Lipinski definition) is 0. The molecule has 4 nitrogen and oxygen atoms in total. The largest absolute Gasteiger partial charge is 0.330 e. The molecule has 0 saturated heterocycles. The van der Waals surface area contributed by atoms with Gasteiger partial charge >= 0.3 is 0 Å². The van der Waals surface area contributed by atoms with Gasteiger partial charge in [0.2, 0.25) is 5.91 Å². The third kappa shape index (κ3) is 5.85. The van der Waals surface area contributed by atoms with Crippen molar-refractivity contribution in [3.63, 3.8) is 0 Å². The Labute approximate surface area is 216 Å². The van der Waals surface area contributed by atoms with Gasteiger partial charge in [-0.15, -0.1) is 17.9 Å². The number of hydrogen-bond acceptors (Lipinski definition) is 3. The summed E-state index contributed by atoms with van der Waals surface area (Å²) in [4.78, 5) is 31.7. The zero-order valence-corrected chi connectivity index (χ0v) is 21.7. The first-order valence-corrected chi connectivity index (χ1v) is 13.4. The number of unbranched alkanes of at least 4 members (excludes halogenated alkanes) is 1. The van der Waals surface area contributed by atoms with Crippen molar-refractivity contribution in [3.05, 3.63) is 105 Å².